The van der Waals surface area contributed by atoms with E-state index in [-0.39, 0.29) is 22.7 Å². The van der Waals surface area contributed by atoms with E-state index in [1.54, 1.807) is 32.2 Å². The molecule has 142 valence electrons. The van der Waals surface area contributed by atoms with E-state index < -0.39 is 10.0 Å². The molecule has 1 aromatic heterocycles. The fraction of sp³-hybridized carbons (Fsp3) is 0.211. The van der Waals surface area contributed by atoms with E-state index in [0.29, 0.717) is 10.4 Å². The van der Waals surface area contributed by atoms with Gasteiger partial charge >= 0.3 is 0 Å². The lowest BCUT2D eigenvalue weighted by Gasteiger charge is -2.25. The zero-order chi connectivity index (χ0) is 19.9. The molecule has 0 aliphatic rings. The molecule has 0 bridgehead atoms. The van der Waals surface area contributed by atoms with Crippen molar-refractivity contribution in [2.75, 3.05) is 7.05 Å². The number of aryl methyl sites for hydroxylation is 1. The average Bonchev–Trinajstić information content (AvgIpc) is 2.95. The highest BCUT2D eigenvalue weighted by Crippen LogP contribution is 2.33. The number of fused-ring (bicyclic) bond motifs is 1. The number of benzene rings is 2. The van der Waals surface area contributed by atoms with E-state index in [0.717, 1.165) is 15.6 Å². The summed E-state index contributed by atoms with van der Waals surface area (Å²) in [4.78, 5) is 15.1. The number of hydrogen-bond acceptors (Lipinski definition) is 4. The summed E-state index contributed by atoms with van der Waals surface area (Å²) in [5.41, 5.74) is 1.39. The minimum Gasteiger partial charge on any atom is -0.334 e. The lowest BCUT2D eigenvalue weighted by atomic mass is 10.1. The Morgan fingerprint density at radius 3 is 2.59 bits per heavy atom. The molecule has 1 unspecified atom stereocenters. The molecular formula is C19H19FN2O3S2. The first-order chi connectivity index (χ1) is 12.6. The fourth-order valence-corrected chi connectivity index (χ4v) is 4.65. The molecule has 0 saturated heterocycles. The molecule has 0 saturated carbocycles. The van der Waals surface area contributed by atoms with Crippen LogP contribution < -0.4 is 5.14 Å². The van der Waals surface area contributed by atoms with Crippen molar-refractivity contribution in [1.82, 2.24) is 4.90 Å². The maximum Gasteiger partial charge on any atom is 0.264 e. The lowest BCUT2D eigenvalue weighted by molar-refractivity contribution is 0.0747. The Hall–Kier alpha value is -2.29. The topological polar surface area (TPSA) is 80.5 Å². The predicted molar refractivity (Wildman–Crippen MR) is 105 cm³/mol. The van der Waals surface area contributed by atoms with Crippen molar-refractivity contribution in [3.63, 3.8) is 0 Å². The normalized spacial score (nSPS) is 12.9. The molecular weight excluding hydrogens is 387 g/mol. The van der Waals surface area contributed by atoms with Gasteiger partial charge in [0.05, 0.1) is 15.8 Å². The monoisotopic (exact) mass is 406 g/mol. The number of carbonyl (C=O) groups is 1. The first-order valence-electron chi connectivity index (χ1n) is 8.18. The quantitative estimate of drug-likeness (QED) is 0.715. The van der Waals surface area contributed by atoms with Crippen molar-refractivity contribution in [1.29, 1.82) is 0 Å². The number of nitrogens with zero attached hydrogens (tertiary/aromatic N) is 1. The minimum absolute atomic E-state index is 0.00113. The van der Waals surface area contributed by atoms with Gasteiger partial charge in [-0.25, -0.2) is 17.9 Å². The van der Waals surface area contributed by atoms with Gasteiger partial charge in [-0.05, 0) is 60.7 Å². The molecule has 27 heavy (non-hydrogen) atoms. The van der Waals surface area contributed by atoms with Crippen molar-refractivity contribution in [3.05, 3.63) is 64.3 Å². The zero-order valence-corrected chi connectivity index (χ0v) is 16.7. The van der Waals surface area contributed by atoms with Crippen LogP contribution in [0, 0.1) is 12.7 Å². The van der Waals surface area contributed by atoms with E-state index in [2.05, 4.69) is 0 Å². The van der Waals surface area contributed by atoms with Crippen LogP contribution in [0.4, 0.5) is 4.39 Å². The molecule has 0 radical (unpaired) electrons. The molecule has 0 aliphatic heterocycles. The second-order valence-corrected chi connectivity index (χ2v) is 9.02. The van der Waals surface area contributed by atoms with Crippen LogP contribution in [0.25, 0.3) is 10.1 Å². The Morgan fingerprint density at radius 1 is 1.22 bits per heavy atom. The molecule has 1 heterocycles. The summed E-state index contributed by atoms with van der Waals surface area (Å²) in [5.74, 6) is -0.549. The van der Waals surface area contributed by atoms with Crippen molar-refractivity contribution in [3.8, 4) is 0 Å². The number of amides is 1. The van der Waals surface area contributed by atoms with Gasteiger partial charge in [-0.3, -0.25) is 4.79 Å². The molecule has 1 atom stereocenters. The molecule has 2 aromatic carbocycles. The summed E-state index contributed by atoms with van der Waals surface area (Å²) < 4.78 is 37.5. The molecule has 0 fully saturated rings. The molecule has 5 nitrogen and oxygen atoms in total. The van der Waals surface area contributed by atoms with Gasteiger partial charge in [-0.15, -0.1) is 11.3 Å². The van der Waals surface area contributed by atoms with Gasteiger partial charge in [0, 0.05) is 11.7 Å². The smallest absolute Gasteiger partial charge is 0.264 e. The highest BCUT2D eigenvalue weighted by molar-refractivity contribution is 7.89. The Kier molecular flexibility index (Phi) is 5.07. The first-order valence-corrected chi connectivity index (χ1v) is 10.5. The minimum atomic E-state index is -3.82. The van der Waals surface area contributed by atoms with Crippen LogP contribution in [0.5, 0.6) is 0 Å². The average molecular weight is 407 g/mol. The van der Waals surface area contributed by atoms with Gasteiger partial charge in [0.1, 0.15) is 5.82 Å². The third-order valence-corrected chi connectivity index (χ3v) is 6.83. The third-order valence-electron chi connectivity index (χ3n) is 4.66. The summed E-state index contributed by atoms with van der Waals surface area (Å²) in [5, 5.41) is 5.91. The number of rotatable bonds is 4. The maximum absolute atomic E-state index is 13.5. The van der Waals surface area contributed by atoms with Crippen LogP contribution in [-0.2, 0) is 10.0 Å². The van der Waals surface area contributed by atoms with Crippen LogP contribution in [0.3, 0.4) is 0 Å². The summed E-state index contributed by atoms with van der Waals surface area (Å²) >= 11 is 1.32. The summed E-state index contributed by atoms with van der Waals surface area (Å²) in [6.07, 6.45) is 0. The van der Waals surface area contributed by atoms with Crippen molar-refractivity contribution < 1.29 is 17.6 Å². The number of halogens is 1. The second-order valence-electron chi connectivity index (χ2n) is 6.41. The standard InChI is InChI=1S/C19H19FN2O3S2/c1-11-16-10-14(20)7-8-17(16)26-18(11)19(23)22(3)12(2)13-5-4-6-15(9-13)27(21,24)25/h4-10,12H,1-3H3,(H2,21,24,25). The van der Waals surface area contributed by atoms with Gasteiger partial charge in [-0.2, -0.15) is 0 Å². The molecule has 3 rings (SSSR count). The Labute approximate surface area is 161 Å². The molecule has 8 heteroatoms. The fourth-order valence-electron chi connectivity index (χ4n) is 2.91. The highest BCUT2D eigenvalue weighted by Gasteiger charge is 2.24. The van der Waals surface area contributed by atoms with Gasteiger partial charge in [0.25, 0.3) is 5.91 Å². The SMILES string of the molecule is Cc1c(C(=O)N(C)C(C)c2cccc(S(N)(=O)=O)c2)sc2ccc(F)cc12. The number of thiophene rings is 1. The molecule has 0 aliphatic carbocycles. The maximum atomic E-state index is 13.5. The van der Waals surface area contributed by atoms with Crippen LogP contribution >= 0.6 is 11.3 Å². The van der Waals surface area contributed by atoms with Crippen molar-refractivity contribution >= 4 is 37.4 Å². The summed E-state index contributed by atoms with van der Waals surface area (Å²) in [7, 11) is -2.17. The zero-order valence-electron chi connectivity index (χ0n) is 15.1. The number of nitrogens with two attached hydrogens (primary N) is 1. The van der Waals surface area contributed by atoms with Crippen LogP contribution in [-0.4, -0.2) is 26.3 Å². The van der Waals surface area contributed by atoms with Gasteiger partial charge in [0.15, 0.2) is 0 Å². The number of sulfonamides is 1. The Balaban J connectivity index is 1.95. The van der Waals surface area contributed by atoms with E-state index >= 15 is 0 Å². The van der Waals surface area contributed by atoms with Crippen LogP contribution in [0.1, 0.15) is 33.8 Å². The molecule has 1 amide bonds. The number of hydrogen-bond donors (Lipinski definition) is 1. The molecule has 2 N–H and O–H groups in total. The van der Waals surface area contributed by atoms with E-state index in [1.807, 2.05) is 6.92 Å². The third kappa shape index (κ3) is 3.73. The lowest BCUT2D eigenvalue weighted by Crippen LogP contribution is -2.29. The summed E-state index contributed by atoms with van der Waals surface area (Å²) in [6.45, 7) is 3.61. The highest BCUT2D eigenvalue weighted by atomic mass is 32.2. The van der Waals surface area contributed by atoms with Crippen molar-refractivity contribution in [2.45, 2.75) is 24.8 Å². The van der Waals surface area contributed by atoms with E-state index in [4.69, 9.17) is 5.14 Å². The Morgan fingerprint density at radius 2 is 1.93 bits per heavy atom. The van der Waals surface area contributed by atoms with Gasteiger partial charge in [0.2, 0.25) is 10.0 Å². The number of carbonyl (C=O) groups excluding carboxylic acids is 1. The van der Waals surface area contributed by atoms with Crippen molar-refractivity contribution in [2.24, 2.45) is 5.14 Å². The van der Waals surface area contributed by atoms with Gasteiger partial charge in [-0.1, -0.05) is 12.1 Å². The predicted octanol–water partition coefficient (Wildman–Crippen LogP) is 3.83. The van der Waals surface area contributed by atoms with Crippen LogP contribution in [0.2, 0.25) is 0 Å². The molecule has 0 spiro atoms. The number of primary sulfonamides is 1. The second kappa shape index (κ2) is 7.03. The largest absolute Gasteiger partial charge is 0.334 e. The van der Waals surface area contributed by atoms with Crippen LogP contribution in [0.15, 0.2) is 47.4 Å². The molecule has 3 aromatic rings. The van der Waals surface area contributed by atoms with E-state index in [9.17, 15) is 17.6 Å². The van der Waals surface area contributed by atoms with Gasteiger partial charge < -0.3 is 4.90 Å². The Bertz CT molecular complexity index is 1140. The van der Waals surface area contributed by atoms with E-state index in [1.165, 1.54) is 40.5 Å². The summed E-state index contributed by atoms with van der Waals surface area (Å²) in [6, 6.07) is 10.3. The first kappa shape index (κ1) is 19.5.